The standard InChI is InChI=1S/C19H18N2O3S/c1-13-5-3-4-6-17(13)25-12-18(22)24-14(2)19(23)21-16-9-7-15(11-20)8-10-16/h3-10,14H,12H2,1-2H3,(H,21,23)/t14-/m0/s1. The molecule has 2 aromatic carbocycles. The van der Waals surface area contributed by atoms with Gasteiger partial charge in [0.2, 0.25) is 0 Å². The van der Waals surface area contributed by atoms with Crippen LogP contribution in [0.2, 0.25) is 0 Å². The van der Waals surface area contributed by atoms with Crippen LogP contribution in [0.15, 0.2) is 53.4 Å². The van der Waals surface area contributed by atoms with Gasteiger partial charge in [0.25, 0.3) is 5.91 Å². The van der Waals surface area contributed by atoms with Crippen molar-refractivity contribution in [2.24, 2.45) is 0 Å². The zero-order chi connectivity index (χ0) is 18.2. The number of carbonyl (C=O) groups excluding carboxylic acids is 2. The third-order valence-electron chi connectivity index (χ3n) is 3.40. The molecule has 0 unspecified atom stereocenters. The van der Waals surface area contributed by atoms with E-state index < -0.39 is 18.0 Å². The van der Waals surface area contributed by atoms with Crippen LogP contribution in [-0.2, 0) is 14.3 Å². The maximum Gasteiger partial charge on any atom is 0.317 e. The Morgan fingerprint density at radius 2 is 1.88 bits per heavy atom. The summed E-state index contributed by atoms with van der Waals surface area (Å²) in [4.78, 5) is 25.0. The fourth-order valence-electron chi connectivity index (χ4n) is 2.01. The first kappa shape index (κ1) is 18.6. The van der Waals surface area contributed by atoms with E-state index in [1.54, 1.807) is 24.3 Å². The molecule has 128 valence electrons. The lowest BCUT2D eigenvalue weighted by molar-refractivity contribution is -0.150. The SMILES string of the molecule is Cc1ccccc1SCC(=O)O[C@@H](C)C(=O)Nc1ccc(C#N)cc1. The highest BCUT2D eigenvalue weighted by Gasteiger charge is 2.18. The van der Waals surface area contributed by atoms with Crippen LogP contribution >= 0.6 is 11.8 Å². The van der Waals surface area contributed by atoms with Crippen molar-refractivity contribution in [3.05, 3.63) is 59.7 Å². The first-order valence-electron chi connectivity index (χ1n) is 7.68. The molecule has 0 saturated carbocycles. The van der Waals surface area contributed by atoms with Crippen LogP contribution < -0.4 is 5.32 Å². The number of amides is 1. The van der Waals surface area contributed by atoms with Gasteiger partial charge in [-0.3, -0.25) is 9.59 Å². The average Bonchev–Trinajstić information content (AvgIpc) is 2.61. The zero-order valence-electron chi connectivity index (χ0n) is 14.0. The summed E-state index contributed by atoms with van der Waals surface area (Å²) >= 11 is 1.38. The minimum atomic E-state index is -0.902. The number of anilines is 1. The Bertz CT molecular complexity index is 797. The highest BCUT2D eigenvalue weighted by atomic mass is 32.2. The van der Waals surface area contributed by atoms with Gasteiger partial charge >= 0.3 is 5.97 Å². The van der Waals surface area contributed by atoms with Crippen molar-refractivity contribution < 1.29 is 14.3 Å². The summed E-state index contributed by atoms with van der Waals surface area (Å²) in [5.41, 5.74) is 2.14. The molecule has 2 rings (SSSR count). The molecule has 5 nitrogen and oxygen atoms in total. The number of nitrogens with one attached hydrogen (secondary N) is 1. The summed E-state index contributed by atoms with van der Waals surface area (Å²) in [6.07, 6.45) is -0.902. The van der Waals surface area contributed by atoms with Gasteiger partial charge in [0.15, 0.2) is 6.10 Å². The van der Waals surface area contributed by atoms with Gasteiger partial charge in [0.1, 0.15) is 0 Å². The summed E-state index contributed by atoms with van der Waals surface area (Å²) in [6.45, 7) is 3.50. The van der Waals surface area contributed by atoms with E-state index in [2.05, 4.69) is 5.32 Å². The molecule has 1 N–H and O–H groups in total. The molecule has 0 aliphatic carbocycles. The number of carbonyl (C=O) groups is 2. The summed E-state index contributed by atoms with van der Waals surface area (Å²) in [5.74, 6) is -0.728. The minimum absolute atomic E-state index is 0.138. The predicted octanol–water partition coefficient (Wildman–Crippen LogP) is 3.53. The fourth-order valence-corrected chi connectivity index (χ4v) is 2.82. The number of aryl methyl sites for hydroxylation is 1. The van der Waals surface area contributed by atoms with Crippen molar-refractivity contribution >= 4 is 29.3 Å². The molecule has 0 spiro atoms. The van der Waals surface area contributed by atoms with Gasteiger partial charge < -0.3 is 10.1 Å². The molecule has 0 aliphatic heterocycles. The monoisotopic (exact) mass is 354 g/mol. The molecule has 0 heterocycles. The van der Waals surface area contributed by atoms with Gasteiger partial charge in [-0.15, -0.1) is 11.8 Å². The average molecular weight is 354 g/mol. The van der Waals surface area contributed by atoms with Crippen molar-refractivity contribution in [2.45, 2.75) is 24.8 Å². The van der Waals surface area contributed by atoms with E-state index in [0.717, 1.165) is 10.5 Å². The topological polar surface area (TPSA) is 79.2 Å². The van der Waals surface area contributed by atoms with Gasteiger partial charge in [-0.2, -0.15) is 5.26 Å². The largest absolute Gasteiger partial charge is 0.452 e. The lowest BCUT2D eigenvalue weighted by Crippen LogP contribution is -2.30. The van der Waals surface area contributed by atoms with E-state index in [0.29, 0.717) is 11.3 Å². The van der Waals surface area contributed by atoms with Gasteiger partial charge in [-0.1, -0.05) is 18.2 Å². The maximum atomic E-state index is 12.1. The molecular weight excluding hydrogens is 336 g/mol. The van der Waals surface area contributed by atoms with Gasteiger partial charge in [-0.05, 0) is 49.7 Å². The van der Waals surface area contributed by atoms with Crippen LogP contribution in [0.4, 0.5) is 5.69 Å². The zero-order valence-corrected chi connectivity index (χ0v) is 14.8. The van der Waals surface area contributed by atoms with E-state index in [-0.39, 0.29) is 5.75 Å². The molecule has 2 aromatic rings. The van der Waals surface area contributed by atoms with Crippen LogP contribution in [0.3, 0.4) is 0 Å². The number of rotatable bonds is 6. The number of ether oxygens (including phenoxy) is 1. The van der Waals surface area contributed by atoms with Crippen molar-refractivity contribution in [3.8, 4) is 6.07 Å². The van der Waals surface area contributed by atoms with E-state index in [4.69, 9.17) is 10.00 Å². The molecule has 0 aromatic heterocycles. The van der Waals surface area contributed by atoms with Crippen molar-refractivity contribution in [1.82, 2.24) is 0 Å². The molecule has 0 fully saturated rings. The Morgan fingerprint density at radius 3 is 2.52 bits per heavy atom. The molecule has 25 heavy (non-hydrogen) atoms. The second-order valence-corrected chi connectivity index (χ2v) is 6.38. The third kappa shape index (κ3) is 5.66. The van der Waals surface area contributed by atoms with E-state index >= 15 is 0 Å². The van der Waals surface area contributed by atoms with Crippen molar-refractivity contribution in [3.63, 3.8) is 0 Å². The van der Waals surface area contributed by atoms with Crippen molar-refractivity contribution in [2.75, 3.05) is 11.1 Å². The maximum absolute atomic E-state index is 12.1. The predicted molar refractivity (Wildman–Crippen MR) is 97.2 cm³/mol. The minimum Gasteiger partial charge on any atom is -0.452 e. The van der Waals surface area contributed by atoms with Crippen LogP contribution in [0.5, 0.6) is 0 Å². The first-order valence-corrected chi connectivity index (χ1v) is 8.67. The number of hydrogen-bond acceptors (Lipinski definition) is 5. The van der Waals surface area contributed by atoms with E-state index in [1.807, 2.05) is 37.3 Å². The Hall–Kier alpha value is -2.78. The molecule has 0 bridgehead atoms. The Morgan fingerprint density at radius 1 is 1.20 bits per heavy atom. The van der Waals surface area contributed by atoms with Gasteiger partial charge in [0.05, 0.1) is 17.4 Å². The first-order chi connectivity index (χ1) is 12.0. The van der Waals surface area contributed by atoms with Crippen LogP contribution in [-0.4, -0.2) is 23.7 Å². The molecule has 0 radical (unpaired) electrons. The van der Waals surface area contributed by atoms with Crippen LogP contribution in [0, 0.1) is 18.3 Å². The van der Waals surface area contributed by atoms with Crippen molar-refractivity contribution in [1.29, 1.82) is 5.26 Å². The number of nitrogens with zero attached hydrogens (tertiary/aromatic N) is 1. The summed E-state index contributed by atoms with van der Waals surface area (Å²) in [6, 6.07) is 16.2. The smallest absolute Gasteiger partial charge is 0.317 e. The van der Waals surface area contributed by atoms with E-state index in [1.165, 1.54) is 18.7 Å². The second kappa shape index (κ2) is 8.90. The number of nitriles is 1. The number of hydrogen-bond donors (Lipinski definition) is 1. The summed E-state index contributed by atoms with van der Waals surface area (Å²) < 4.78 is 5.17. The molecule has 0 saturated heterocycles. The molecule has 6 heteroatoms. The van der Waals surface area contributed by atoms with Gasteiger partial charge in [0, 0.05) is 10.6 Å². The molecular formula is C19H18N2O3S. The lowest BCUT2D eigenvalue weighted by atomic mass is 10.2. The lowest BCUT2D eigenvalue weighted by Gasteiger charge is -2.13. The van der Waals surface area contributed by atoms with Gasteiger partial charge in [-0.25, -0.2) is 0 Å². The second-order valence-electron chi connectivity index (χ2n) is 5.36. The number of benzene rings is 2. The summed E-state index contributed by atoms with van der Waals surface area (Å²) in [5, 5.41) is 11.4. The molecule has 1 atom stereocenters. The Balaban J connectivity index is 1.82. The summed E-state index contributed by atoms with van der Waals surface area (Å²) in [7, 11) is 0. The number of thioether (sulfide) groups is 1. The van der Waals surface area contributed by atoms with Crippen LogP contribution in [0.1, 0.15) is 18.1 Å². The number of esters is 1. The fraction of sp³-hybridized carbons (Fsp3) is 0.211. The third-order valence-corrected chi connectivity index (χ3v) is 4.55. The Labute approximate surface area is 151 Å². The molecule has 1 amide bonds. The Kier molecular flexibility index (Phi) is 6.61. The normalized spacial score (nSPS) is 11.2. The van der Waals surface area contributed by atoms with Crippen LogP contribution in [0.25, 0.3) is 0 Å². The van der Waals surface area contributed by atoms with E-state index in [9.17, 15) is 9.59 Å². The highest BCUT2D eigenvalue weighted by molar-refractivity contribution is 8.00. The highest BCUT2D eigenvalue weighted by Crippen LogP contribution is 2.22. The quantitative estimate of drug-likeness (QED) is 0.634. The molecule has 0 aliphatic rings.